The van der Waals surface area contributed by atoms with Gasteiger partial charge in [-0.2, -0.15) is 8.42 Å². The van der Waals surface area contributed by atoms with Gasteiger partial charge in [0, 0.05) is 7.05 Å². The Bertz CT molecular complexity index is 763. The smallest absolute Gasteiger partial charge is 0.316 e. The summed E-state index contributed by atoms with van der Waals surface area (Å²) in [6.07, 6.45) is 2.04. The van der Waals surface area contributed by atoms with Gasteiger partial charge < -0.3 is 10.6 Å². The largest absolute Gasteiger partial charge is 0.365 e. The van der Waals surface area contributed by atoms with Crippen molar-refractivity contribution in [2.75, 3.05) is 20.1 Å². The molecule has 24 heavy (non-hydrogen) atoms. The van der Waals surface area contributed by atoms with Crippen LogP contribution in [0, 0.1) is 6.92 Å². The maximum absolute atomic E-state index is 12.7. The van der Waals surface area contributed by atoms with Crippen molar-refractivity contribution in [2.24, 2.45) is 4.36 Å². The van der Waals surface area contributed by atoms with Crippen molar-refractivity contribution in [3.8, 4) is 0 Å². The molecule has 2 rings (SSSR count). The SMILES string of the molecule is CNC(=S)NC(=O)C(c1ccc(C)c(N=S(=O)=O)c1)N1CCCC1. The van der Waals surface area contributed by atoms with Crippen LogP contribution in [0.4, 0.5) is 5.69 Å². The first-order chi connectivity index (χ1) is 11.4. The monoisotopic (exact) mass is 368 g/mol. The summed E-state index contributed by atoms with van der Waals surface area (Å²) in [7, 11) is -0.903. The van der Waals surface area contributed by atoms with Crippen LogP contribution in [-0.4, -0.2) is 44.5 Å². The van der Waals surface area contributed by atoms with Gasteiger partial charge in [0.1, 0.15) is 6.04 Å². The zero-order chi connectivity index (χ0) is 17.7. The predicted molar refractivity (Wildman–Crippen MR) is 95.5 cm³/mol. The van der Waals surface area contributed by atoms with Gasteiger partial charge in [-0.3, -0.25) is 9.69 Å². The quantitative estimate of drug-likeness (QED) is 0.782. The fraction of sp³-hybridized carbons (Fsp3) is 0.467. The number of carbonyl (C=O) groups excluding carboxylic acids is 1. The van der Waals surface area contributed by atoms with Gasteiger partial charge in [0.05, 0.1) is 5.69 Å². The number of likely N-dealkylation sites (tertiary alicyclic amines) is 1. The number of rotatable bonds is 4. The number of nitrogens with one attached hydrogen (secondary N) is 2. The van der Waals surface area contributed by atoms with E-state index in [4.69, 9.17) is 12.2 Å². The number of hydrogen-bond acceptors (Lipinski definition) is 6. The van der Waals surface area contributed by atoms with Crippen molar-refractivity contribution in [1.29, 1.82) is 0 Å². The van der Waals surface area contributed by atoms with E-state index < -0.39 is 16.5 Å². The van der Waals surface area contributed by atoms with Crippen LogP contribution in [0.3, 0.4) is 0 Å². The summed E-state index contributed by atoms with van der Waals surface area (Å²) in [4.78, 5) is 14.8. The second-order valence-electron chi connectivity index (χ2n) is 5.57. The fourth-order valence-corrected chi connectivity index (χ4v) is 3.20. The van der Waals surface area contributed by atoms with E-state index in [0.29, 0.717) is 11.3 Å². The van der Waals surface area contributed by atoms with E-state index >= 15 is 0 Å². The molecule has 9 heteroatoms. The lowest BCUT2D eigenvalue weighted by molar-refractivity contribution is -0.124. The van der Waals surface area contributed by atoms with E-state index in [2.05, 4.69) is 19.9 Å². The summed E-state index contributed by atoms with van der Waals surface area (Å²) < 4.78 is 25.4. The van der Waals surface area contributed by atoms with E-state index in [1.54, 1.807) is 26.1 Å². The minimum Gasteiger partial charge on any atom is -0.365 e. The van der Waals surface area contributed by atoms with E-state index in [-0.39, 0.29) is 11.0 Å². The van der Waals surface area contributed by atoms with Crippen molar-refractivity contribution in [2.45, 2.75) is 25.8 Å². The number of thiocarbonyl (C=S) groups is 1. The molecule has 0 radical (unpaired) electrons. The molecular weight excluding hydrogens is 348 g/mol. The molecule has 1 fully saturated rings. The lowest BCUT2D eigenvalue weighted by Crippen LogP contribution is -2.44. The Morgan fingerprint density at radius 1 is 1.33 bits per heavy atom. The van der Waals surface area contributed by atoms with Crippen LogP contribution in [0.25, 0.3) is 0 Å². The summed E-state index contributed by atoms with van der Waals surface area (Å²) in [5, 5.41) is 5.64. The topological polar surface area (TPSA) is 90.9 Å². The Morgan fingerprint density at radius 3 is 2.58 bits per heavy atom. The maximum Gasteiger partial charge on any atom is 0.316 e. The van der Waals surface area contributed by atoms with Gasteiger partial charge in [-0.15, -0.1) is 4.36 Å². The summed E-state index contributed by atoms with van der Waals surface area (Å²) in [5.41, 5.74) is 1.77. The molecule has 0 aliphatic carbocycles. The lowest BCUT2D eigenvalue weighted by atomic mass is 10.0. The van der Waals surface area contributed by atoms with Gasteiger partial charge in [-0.1, -0.05) is 12.1 Å². The molecule has 0 bridgehead atoms. The third-order valence-electron chi connectivity index (χ3n) is 3.94. The average Bonchev–Trinajstić information content (AvgIpc) is 3.04. The van der Waals surface area contributed by atoms with Crippen LogP contribution in [0.15, 0.2) is 22.6 Å². The van der Waals surface area contributed by atoms with Gasteiger partial charge in [-0.05, 0) is 62.3 Å². The average molecular weight is 368 g/mol. The van der Waals surface area contributed by atoms with Gasteiger partial charge in [0.15, 0.2) is 5.11 Å². The van der Waals surface area contributed by atoms with Crippen LogP contribution >= 0.6 is 12.2 Å². The first-order valence-corrected chi connectivity index (χ1v) is 9.04. The molecule has 1 unspecified atom stereocenters. The third-order valence-corrected chi connectivity index (χ3v) is 4.59. The second-order valence-corrected chi connectivity index (χ2v) is 6.59. The molecule has 7 nitrogen and oxygen atoms in total. The molecule has 0 aromatic heterocycles. The number of carbonyl (C=O) groups is 1. The zero-order valence-corrected chi connectivity index (χ0v) is 15.2. The van der Waals surface area contributed by atoms with Crippen molar-refractivity contribution < 1.29 is 13.2 Å². The summed E-state index contributed by atoms with van der Waals surface area (Å²) in [6, 6.07) is 4.71. The second kappa shape index (κ2) is 8.32. The number of aryl methyl sites for hydroxylation is 1. The standard InChI is InChI=1S/C15H20N4O3S2/c1-10-5-6-11(9-12(10)18-24(21)22)13(19-7-3-4-8-19)14(20)17-15(23)16-2/h5-6,9,13H,3-4,7-8H2,1-2H3,(H2,16,17,20,23). The number of nitrogens with zero attached hydrogens (tertiary/aromatic N) is 2. The molecule has 1 atom stereocenters. The molecular formula is C15H20N4O3S2. The highest BCUT2D eigenvalue weighted by Crippen LogP contribution is 2.29. The normalized spacial score (nSPS) is 15.6. The molecule has 1 aliphatic heterocycles. The summed E-state index contributed by atoms with van der Waals surface area (Å²) in [5.74, 6) is -0.241. The van der Waals surface area contributed by atoms with Crippen LogP contribution in [-0.2, 0) is 15.3 Å². The van der Waals surface area contributed by atoms with E-state index in [1.165, 1.54) is 0 Å². The molecule has 1 amide bonds. The van der Waals surface area contributed by atoms with Gasteiger partial charge in [0.2, 0.25) is 5.91 Å². The molecule has 1 aliphatic rings. The summed E-state index contributed by atoms with van der Waals surface area (Å²) in [6.45, 7) is 3.38. The Labute approximate surface area is 148 Å². The Kier molecular flexibility index (Phi) is 6.41. The molecule has 0 spiro atoms. The first kappa shape index (κ1) is 18.5. The molecule has 1 heterocycles. The minimum atomic E-state index is -2.54. The van der Waals surface area contributed by atoms with Crippen LogP contribution in [0.1, 0.15) is 30.0 Å². The number of hydrogen-bond donors (Lipinski definition) is 2. The van der Waals surface area contributed by atoms with Crippen molar-refractivity contribution in [1.82, 2.24) is 15.5 Å². The zero-order valence-electron chi connectivity index (χ0n) is 13.6. The molecule has 1 saturated heterocycles. The van der Waals surface area contributed by atoms with E-state index in [1.807, 2.05) is 6.07 Å². The third kappa shape index (κ3) is 4.59. The van der Waals surface area contributed by atoms with Crippen LogP contribution in [0.2, 0.25) is 0 Å². The Morgan fingerprint density at radius 2 is 2.00 bits per heavy atom. The lowest BCUT2D eigenvalue weighted by Gasteiger charge is -2.27. The fourth-order valence-electron chi connectivity index (χ4n) is 2.75. The van der Waals surface area contributed by atoms with Gasteiger partial charge in [-0.25, -0.2) is 0 Å². The van der Waals surface area contributed by atoms with E-state index in [0.717, 1.165) is 31.5 Å². The molecule has 1 aromatic rings. The molecule has 130 valence electrons. The highest BCUT2D eigenvalue weighted by Gasteiger charge is 2.30. The molecule has 2 N–H and O–H groups in total. The molecule has 1 aromatic carbocycles. The minimum absolute atomic E-state index is 0.241. The Balaban J connectivity index is 2.41. The van der Waals surface area contributed by atoms with Crippen LogP contribution in [0.5, 0.6) is 0 Å². The highest BCUT2D eigenvalue weighted by atomic mass is 32.2. The van der Waals surface area contributed by atoms with E-state index in [9.17, 15) is 13.2 Å². The van der Waals surface area contributed by atoms with Crippen molar-refractivity contribution in [3.63, 3.8) is 0 Å². The predicted octanol–water partition coefficient (Wildman–Crippen LogP) is 1.45. The number of amides is 1. The maximum atomic E-state index is 12.7. The molecule has 0 saturated carbocycles. The van der Waals surface area contributed by atoms with Crippen molar-refractivity contribution >= 4 is 39.4 Å². The van der Waals surface area contributed by atoms with Gasteiger partial charge >= 0.3 is 10.5 Å². The number of benzene rings is 1. The van der Waals surface area contributed by atoms with Crippen LogP contribution < -0.4 is 10.6 Å². The Hall–Kier alpha value is -1.84. The first-order valence-electron chi connectivity index (χ1n) is 7.60. The van der Waals surface area contributed by atoms with Crippen molar-refractivity contribution in [3.05, 3.63) is 29.3 Å². The highest BCUT2D eigenvalue weighted by molar-refractivity contribution is 7.80. The van der Waals surface area contributed by atoms with Gasteiger partial charge in [0.25, 0.3) is 0 Å². The summed E-state index contributed by atoms with van der Waals surface area (Å²) >= 11 is 5.02.